The molecule has 18 rings (SSSR count). The van der Waals surface area contributed by atoms with Crippen LogP contribution in [0.3, 0.4) is 0 Å². The standard InChI is InChI=1S/C91H90ClF18N21O/c1-50(2)74-11-5-8-58-28-65(80(111-77(58)74)124(36-51-14-15-51)37-52-16-17-52)46-128(41-56-24-70(88(99,100)101)34-71(25-56)89(102,103)104)84-115-121-131(118-84)49-64-32-62(64)44-126(39-54-20-21-54)82-67(30-60-10-7-13-76(132-4)79(60)113-82)47-129(42-57-26-72(90(105,106)107)35-73(27-57)91(108,109)110)85-116-122-130(119-85)48-63-31-61(63)43-125(38-53-18-19-53)81-66(29-59-9-6-12-75(92)78(59)112-81)45-127(83-114-120-123(3)117-83)40-55-22-68(86(93,94)95)33-69(23-55)87(96,97)98/h5-13,22-30,33-35,50-54,61-64H,14-21,31-32,36-49H2,1-4H3. The molecule has 0 amide bonds. The predicted octanol–water partition coefficient (Wildman–Crippen LogP) is 21.1. The number of aromatic nitrogens is 15. The molecule has 0 spiro atoms. The first-order valence-electron chi connectivity index (χ1n) is 43.7. The Morgan fingerprint density at radius 1 is 0.371 bits per heavy atom. The zero-order valence-corrected chi connectivity index (χ0v) is 72.5. The molecular formula is C91H90ClF18N21O. The Morgan fingerprint density at radius 2 is 0.697 bits per heavy atom. The molecule has 4 atom stereocenters. The van der Waals surface area contributed by atoms with Gasteiger partial charge in [0, 0.05) is 111 Å². The third-order valence-electron chi connectivity index (χ3n) is 25.3. The van der Waals surface area contributed by atoms with Gasteiger partial charge in [-0.25, -0.2) is 15.0 Å². The van der Waals surface area contributed by atoms with E-state index in [-0.39, 0.29) is 126 Å². The van der Waals surface area contributed by atoms with Gasteiger partial charge in [0.2, 0.25) is 0 Å². The third kappa shape index (κ3) is 21.5. The van der Waals surface area contributed by atoms with Crippen LogP contribution in [0.4, 0.5) is 114 Å². The van der Waals surface area contributed by atoms with Gasteiger partial charge in [0.15, 0.2) is 0 Å². The SMILES string of the molecule is COc1cccc2cc(CN(Cc3cc(C(F)(F)F)cc(C(F)(F)F)c3)c3nnn(CC4CC4CN(CC4CC4)c4nc5c(Cl)cccc5cc4CN(Cc4cc(C(F)(F)F)cc(C(F)(F)F)c4)c4nnn(C)n4)n3)c(N(CC3CC3)CC3CC3Cn3nnc(N(Cc4cc(C(F)(F)F)cc(C(F)(F)F)c4)Cc4cc5cccc(C(C)C)c5nc4N(CC4CC4)CC4CC4)n3)nc12. The highest BCUT2D eigenvalue weighted by molar-refractivity contribution is 6.35. The lowest BCUT2D eigenvalue weighted by Gasteiger charge is -2.29. The van der Waals surface area contributed by atoms with E-state index in [1.54, 1.807) is 42.5 Å². The lowest BCUT2D eigenvalue weighted by Crippen LogP contribution is -2.32. The van der Waals surface area contributed by atoms with E-state index < -0.39 is 95.6 Å². The summed E-state index contributed by atoms with van der Waals surface area (Å²) < 4.78 is 269. The van der Waals surface area contributed by atoms with Crippen molar-refractivity contribution in [2.24, 2.45) is 54.4 Å². The number of hydrogen-bond acceptors (Lipinski definition) is 19. The molecule has 6 heterocycles. The lowest BCUT2D eigenvalue weighted by atomic mass is 9.98. The number of benzene rings is 6. The Hall–Kier alpha value is -11.6. The number of halogens is 19. The minimum absolute atomic E-state index is 0.0398. The number of tetrazole rings is 3. The maximum absolute atomic E-state index is 14.9. The van der Waals surface area contributed by atoms with E-state index in [4.69, 9.17) is 41.5 Å². The molecule has 12 aromatic rings. The van der Waals surface area contributed by atoms with Crippen LogP contribution in [-0.2, 0) is 96.5 Å². The van der Waals surface area contributed by atoms with Crippen LogP contribution in [-0.4, -0.2) is 122 Å². The summed E-state index contributed by atoms with van der Waals surface area (Å²) in [6.45, 7) is 5.08. The van der Waals surface area contributed by atoms with Gasteiger partial charge in [-0.2, -0.15) is 93.4 Å². The Labute approximate surface area is 749 Å². The van der Waals surface area contributed by atoms with Gasteiger partial charge in [-0.3, -0.25) is 0 Å². The molecule has 0 saturated heterocycles. The van der Waals surface area contributed by atoms with Crippen molar-refractivity contribution in [3.63, 3.8) is 0 Å². The van der Waals surface area contributed by atoms with E-state index >= 15 is 0 Å². The number of pyridine rings is 3. The van der Waals surface area contributed by atoms with Gasteiger partial charge in [-0.05, 0) is 240 Å². The predicted molar refractivity (Wildman–Crippen MR) is 455 cm³/mol. The summed E-state index contributed by atoms with van der Waals surface area (Å²) in [5.41, 5.74) is -6.02. The topological polar surface area (TPSA) is 198 Å². The zero-order valence-electron chi connectivity index (χ0n) is 71.8. The number of nitrogens with zero attached hydrogens (tertiary/aromatic N) is 21. The minimum atomic E-state index is -5.23. The van der Waals surface area contributed by atoms with Gasteiger partial charge in [-0.15, -0.1) is 15.3 Å². The smallest absolute Gasteiger partial charge is 0.416 e. The van der Waals surface area contributed by atoms with Crippen molar-refractivity contribution in [1.29, 1.82) is 0 Å². The second-order valence-electron chi connectivity index (χ2n) is 36.5. The molecule has 22 nitrogen and oxygen atoms in total. The Morgan fingerprint density at radius 3 is 1.05 bits per heavy atom. The molecule has 6 saturated carbocycles. The normalized spacial score (nSPS) is 17.9. The molecule has 6 aromatic heterocycles. The largest absolute Gasteiger partial charge is 0.494 e. The van der Waals surface area contributed by atoms with Gasteiger partial charge in [0.25, 0.3) is 17.8 Å². The molecule has 41 heteroatoms. The molecule has 4 unspecified atom stereocenters. The second-order valence-corrected chi connectivity index (χ2v) is 36.9. The van der Waals surface area contributed by atoms with Crippen molar-refractivity contribution < 1.29 is 83.8 Å². The van der Waals surface area contributed by atoms with Crippen molar-refractivity contribution >= 4 is 79.6 Å². The van der Waals surface area contributed by atoms with Gasteiger partial charge < -0.3 is 34.1 Å². The van der Waals surface area contributed by atoms with Gasteiger partial charge in [0.1, 0.15) is 28.7 Å². The molecule has 6 aromatic carbocycles. The molecule has 6 aliphatic carbocycles. The van der Waals surface area contributed by atoms with Crippen LogP contribution in [0.1, 0.15) is 156 Å². The summed E-state index contributed by atoms with van der Waals surface area (Å²) in [4.78, 5) is 30.5. The summed E-state index contributed by atoms with van der Waals surface area (Å²) in [6, 6.07) is 25.9. The molecule has 0 bridgehead atoms. The number of rotatable bonds is 36. The van der Waals surface area contributed by atoms with Crippen molar-refractivity contribution in [2.45, 2.75) is 173 Å². The van der Waals surface area contributed by atoms with E-state index in [0.717, 1.165) is 72.6 Å². The minimum Gasteiger partial charge on any atom is -0.494 e. The van der Waals surface area contributed by atoms with Crippen LogP contribution < -0.4 is 34.1 Å². The average molecular weight is 1870 g/mol. The van der Waals surface area contributed by atoms with E-state index in [1.165, 1.54) is 38.5 Å². The highest BCUT2D eigenvalue weighted by Crippen LogP contribution is 2.49. The summed E-state index contributed by atoms with van der Waals surface area (Å²) in [5, 5.41) is 42.2. The zero-order chi connectivity index (χ0) is 93.0. The first-order valence-corrected chi connectivity index (χ1v) is 44.1. The van der Waals surface area contributed by atoms with E-state index in [9.17, 15) is 79.0 Å². The molecule has 6 fully saturated rings. The number of methoxy groups -OCH3 is 1. The first-order chi connectivity index (χ1) is 62.6. The number of alkyl halides is 18. The maximum atomic E-state index is 14.9. The summed E-state index contributed by atoms with van der Waals surface area (Å²) in [6.07, 6.45) is -22.4. The molecule has 0 aliphatic heterocycles. The quantitative estimate of drug-likeness (QED) is 0.0336. The number of para-hydroxylation sites is 3. The Kier molecular flexibility index (Phi) is 24.4. The second kappa shape index (κ2) is 35.4. The Balaban J connectivity index is 0.644. The summed E-state index contributed by atoms with van der Waals surface area (Å²) in [7, 11) is 2.92. The van der Waals surface area contributed by atoms with Gasteiger partial charge >= 0.3 is 37.1 Å². The fraction of sp³-hybridized carbons (Fsp3) is 0.473. The van der Waals surface area contributed by atoms with Crippen LogP contribution in [0.15, 0.2) is 127 Å². The maximum Gasteiger partial charge on any atom is 0.416 e. The molecular weight excluding hydrogens is 1780 g/mol. The van der Waals surface area contributed by atoms with Gasteiger partial charge in [0.05, 0.1) is 76.7 Å². The monoisotopic (exact) mass is 1870 g/mol. The third-order valence-corrected chi connectivity index (χ3v) is 25.6. The van der Waals surface area contributed by atoms with Gasteiger partial charge in [-0.1, -0.05) is 83.2 Å². The van der Waals surface area contributed by atoms with Crippen molar-refractivity contribution in [3.05, 3.63) is 205 Å². The van der Waals surface area contributed by atoms with Crippen molar-refractivity contribution in [1.82, 2.24) is 75.6 Å². The van der Waals surface area contributed by atoms with Crippen LogP contribution in [0, 0.1) is 47.3 Å². The number of fused-ring (bicyclic) bond motifs is 3. The first kappa shape index (κ1) is 90.9. The molecule has 698 valence electrons. The fourth-order valence-corrected chi connectivity index (χ4v) is 17.9. The highest BCUT2D eigenvalue weighted by Gasteiger charge is 2.46. The highest BCUT2D eigenvalue weighted by atomic mass is 35.5. The number of aryl methyl sites for hydroxylation is 1. The number of hydrogen-bond donors (Lipinski definition) is 0. The van der Waals surface area contributed by atoms with Crippen molar-refractivity contribution in [3.8, 4) is 5.75 Å². The molecule has 0 radical (unpaired) electrons. The summed E-state index contributed by atoms with van der Waals surface area (Å²) >= 11 is 6.86. The van der Waals surface area contributed by atoms with Crippen LogP contribution in [0.25, 0.3) is 32.7 Å². The van der Waals surface area contributed by atoms with Crippen LogP contribution >= 0.6 is 11.6 Å². The van der Waals surface area contributed by atoms with E-state index in [2.05, 4.69) is 64.6 Å². The molecule has 0 N–H and O–H groups in total. The number of anilines is 6. The molecule has 132 heavy (non-hydrogen) atoms. The lowest BCUT2D eigenvalue weighted by molar-refractivity contribution is -0.144. The molecule has 6 aliphatic rings. The van der Waals surface area contributed by atoms with Crippen molar-refractivity contribution in [2.75, 3.05) is 75.8 Å². The van der Waals surface area contributed by atoms with E-state index in [0.29, 0.717) is 162 Å². The van der Waals surface area contributed by atoms with Crippen LogP contribution in [0.2, 0.25) is 5.02 Å². The Bertz CT molecular complexity index is 6120. The van der Waals surface area contributed by atoms with Crippen LogP contribution in [0.5, 0.6) is 5.75 Å². The summed E-state index contributed by atoms with van der Waals surface area (Å²) in [5.74, 6) is 2.10. The average Bonchev–Trinajstić information content (AvgIpc) is 1.15. The fourth-order valence-electron chi connectivity index (χ4n) is 17.6. The number of ether oxygens (including phenoxy) is 1. The van der Waals surface area contributed by atoms with E-state index in [1.807, 2.05) is 30.3 Å².